The van der Waals surface area contributed by atoms with E-state index in [1.807, 2.05) is 16.8 Å². The van der Waals surface area contributed by atoms with Crippen LogP contribution in [-0.4, -0.2) is 59.4 Å². The van der Waals surface area contributed by atoms with Crippen LogP contribution in [0.15, 0.2) is 49.1 Å². The fraction of sp³-hybridized carbons (Fsp3) is 0.444. The quantitative estimate of drug-likeness (QED) is 0.789. The average molecular weight is 343 g/mol. The Morgan fingerprint density at radius 3 is 2.96 bits per heavy atom. The van der Waals surface area contributed by atoms with Crippen molar-refractivity contribution in [2.75, 3.05) is 32.8 Å². The number of benzene rings is 1. The van der Waals surface area contributed by atoms with Crippen LogP contribution in [0.1, 0.15) is 5.56 Å². The van der Waals surface area contributed by atoms with E-state index in [-0.39, 0.29) is 12.1 Å². The predicted octanol–water partition coefficient (Wildman–Crippen LogP) is 1.08. The SMILES string of the molecule is O=C(NCCn1ccnc1)NC[C@@H]1CN(Cc2ccccc2)CCO1. The molecule has 1 aromatic carbocycles. The third kappa shape index (κ3) is 5.88. The van der Waals surface area contributed by atoms with Crippen molar-refractivity contribution < 1.29 is 9.53 Å². The number of imidazole rings is 1. The maximum atomic E-state index is 11.9. The first-order chi connectivity index (χ1) is 12.3. The van der Waals surface area contributed by atoms with Crippen LogP contribution in [0.25, 0.3) is 0 Å². The highest BCUT2D eigenvalue weighted by Gasteiger charge is 2.20. The van der Waals surface area contributed by atoms with Gasteiger partial charge in [0.2, 0.25) is 0 Å². The monoisotopic (exact) mass is 343 g/mol. The number of aromatic nitrogens is 2. The molecular formula is C18H25N5O2. The van der Waals surface area contributed by atoms with Gasteiger partial charge in [0.25, 0.3) is 0 Å². The first-order valence-electron chi connectivity index (χ1n) is 8.65. The smallest absolute Gasteiger partial charge is 0.314 e. The molecule has 2 amide bonds. The fourth-order valence-electron chi connectivity index (χ4n) is 2.88. The third-order valence-electron chi connectivity index (χ3n) is 4.18. The molecule has 1 aromatic heterocycles. The van der Waals surface area contributed by atoms with Crippen molar-refractivity contribution >= 4 is 6.03 Å². The Bertz CT molecular complexity index is 632. The molecule has 1 aliphatic heterocycles. The van der Waals surface area contributed by atoms with Gasteiger partial charge in [-0.1, -0.05) is 30.3 Å². The summed E-state index contributed by atoms with van der Waals surface area (Å²) in [6.45, 7) is 5.14. The second-order valence-electron chi connectivity index (χ2n) is 6.15. The van der Waals surface area contributed by atoms with Gasteiger partial charge < -0.3 is 19.9 Å². The van der Waals surface area contributed by atoms with Gasteiger partial charge in [0, 0.05) is 51.7 Å². The number of hydrogen-bond acceptors (Lipinski definition) is 4. The van der Waals surface area contributed by atoms with Crippen LogP contribution in [0.4, 0.5) is 4.79 Å². The summed E-state index contributed by atoms with van der Waals surface area (Å²) < 4.78 is 7.69. The van der Waals surface area contributed by atoms with Crippen LogP contribution in [0, 0.1) is 0 Å². The summed E-state index contributed by atoms with van der Waals surface area (Å²) in [5.41, 5.74) is 1.30. The maximum Gasteiger partial charge on any atom is 0.314 e. The number of rotatable bonds is 7. The van der Waals surface area contributed by atoms with Gasteiger partial charge in [-0.25, -0.2) is 9.78 Å². The summed E-state index contributed by atoms with van der Waals surface area (Å²) in [7, 11) is 0. The Kier molecular flexibility index (Phi) is 6.42. The minimum Gasteiger partial charge on any atom is -0.374 e. The van der Waals surface area contributed by atoms with E-state index in [1.165, 1.54) is 5.56 Å². The summed E-state index contributed by atoms with van der Waals surface area (Å²) >= 11 is 0. The van der Waals surface area contributed by atoms with Crippen molar-refractivity contribution in [3.8, 4) is 0 Å². The summed E-state index contributed by atoms with van der Waals surface area (Å²) in [6, 6.07) is 10.3. The zero-order valence-corrected chi connectivity index (χ0v) is 14.3. The van der Waals surface area contributed by atoms with E-state index in [1.54, 1.807) is 12.5 Å². The topological polar surface area (TPSA) is 71.4 Å². The summed E-state index contributed by atoms with van der Waals surface area (Å²) in [4.78, 5) is 18.2. The minimum atomic E-state index is -0.163. The number of nitrogens with zero attached hydrogens (tertiary/aromatic N) is 3. The van der Waals surface area contributed by atoms with Gasteiger partial charge in [0.05, 0.1) is 19.0 Å². The Morgan fingerprint density at radius 2 is 2.16 bits per heavy atom. The summed E-state index contributed by atoms with van der Waals surface area (Å²) in [5.74, 6) is 0. The van der Waals surface area contributed by atoms with Crippen molar-refractivity contribution in [2.45, 2.75) is 19.2 Å². The third-order valence-corrected chi connectivity index (χ3v) is 4.18. The van der Waals surface area contributed by atoms with Crippen LogP contribution in [0.2, 0.25) is 0 Å². The van der Waals surface area contributed by atoms with Crippen molar-refractivity contribution in [3.05, 3.63) is 54.6 Å². The molecule has 0 saturated carbocycles. The fourth-order valence-corrected chi connectivity index (χ4v) is 2.88. The lowest BCUT2D eigenvalue weighted by molar-refractivity contribution is -0.0287. The molecule has 7 heteroatoms. The minimum absolute atomic E-state index is 0.0249. The Labute approximate surface area is 148 Å². The van der Waals surface area contributed by atoms with Gasteiger partial charge in [-0.3, -0.25) is 4.90 Å². The molecule has 2 heterocycles. The van der Waals surface area contributed by atoms with Crippen molar-refractivity contribution in [1.29, 1.82) is 0 Å². The largest absolute Gasteiger partial charge is 0.374 e. The zero-order valence-electron chi connectivity index (χ0n) is 14.3. The molecular weight excluding hydrogens is 318 g/mol. The Balaban J connectivity index is 1.34. The molecule has 0 spiro atoms. The molecule has 1 saturated heterocycles. The molecule has 1 fully saturated rings. The molecule has 0 aliphatic carbocycles. The first-order valence-corrected chi connectivity index (χ1v) is 8.65. The van der Waals surface area contributed by atoms with E-state index in [0.29, 0.717) is 26.2 Å². The van der Waals surface area contributed by atoms with Crippen LogP contribution < -0.4 is 10.6 Å². The first kappa shape index (κ1) is 17.4. The number of nitrogens with one attached hydrogen (secondary N) is 2. The van der Waals surface area contributed by atoms with Gasteiger partial charge in [-0.2, -0.15) is 0 Å². The molecule has 0 unspecified atom stereocenters. The number of ether oxygens (including phenoxy) is 1. The van der Waals surface area contributed by atoms with E-state index in [0.717, 1.165) is 19.6 Å². The standard InChI is InChI=1S/C18H25N5O2/c24-18(20-7-9-22-8-6-19-15-22)21-12-17-14-23(10-11-25-17)13-16-4-2-1-3-5-16/h1-6,8,15,17H,7,9-14H2,(H2,20,21,24)/t17-/m1/s1. The highest BCUT2D eigenvalue weighted by atomic mass is 16.5. The summed E-state index contributed by atoms with van der Waals surface area (Å²) in [6.07, 6.45) is 5.35. The lowest BCUT2D eigenvalue weighted by Gasteiger charge is -2.33. The molecule has 7 nitrogen and oxygen atoms in total. The number of morpholine rings is 1. The van der Waals surface area contributed by atoms with E-state index >= 15 is 0 Å². The van der Waals surface area contributed by atoms with E-state index in [4.69, 9.17) is 4.74 Å². The summed E-state index contributed by atoms with van der Waals surface area (Å²) in [5, 5.41) is 5.73. The van der Waals surface area contributed by atoms with Crippen LogP contribution >= 0.6 is 0 Å². The lowest BCUT2D eigenvalue weighted by Crippen LogP contribution is -2.49. The molecule has 0 radical (unpaired) electrons. The maximum absolute atomic E-state index is 11.9. The Morgan fingerprint density at radius 1 is 1.28 bits per heavy atom. The number of urea groups is 1. The second-order valence-corrected chi connectivity index (χ2v) is 6.15. The van der Waals surface area contributed by atoms with Gasteiger partial charge >= 0.3 is 6.03 Å². The molecule has 0 bridgehead atoms. The molecule has 2 N–H and O–H groups in total. The molecule has 3 rings (SSSR count). The van der Waals surface area contributed by atoms with Crippen molar-refractivity contribution in [3.63, 3.8) is 0 Å². The van der Waals surface area contributed by atoms with Crippen LogP contribution in [-0.2, 0) is 17.8 Å². The number of carbonyl (C=O) groups excluding carboxylic acids is 1. The van der Waals surface area contributed by atoms with Gasteiger partial charge in [0.15, 0.2) is 0 Å². The van der Waals surface area contributed by atoms with Gasteiger partial charge in [-0.15, -0.1) is 0 Å². The molecule has 25 heavy (non-hydrogen) atoms. The van der Waals surface area contributed by atoms with Crippen LogP contribution in [0.3, 0.4) is 0 Å². The number of carbonyl (C=O) groups is 1. The molecule has 1 atom stereocenters. The van der Waals surface area contributed by atoms with Crippen molar-refractivity contribution in [1.82, 2.24) is 25.1 Å². The molecule has 134 valence electrons. The Hall–Kier alpha value is -2.38. The number of amides is 2. The van der Waals surface area contributed by atoms with Gasteiger partial charge in [0.1, 0.15) is 0 Å². The van der Waals surface area contributed by atoms with E-state index < -0.39 is 0 Å². The highest BCUT2D eigenvalue weighted by Crippen LogP contribution is 2.10. The highest BCUT2D eigenvalue weighted by molar-refractivity contribution is 5.73. The molecule has 1 aliphatic rings. The normalized spacial score (nSPS) is 18.0. The molecule has 2 aromatic rings. The van der Waals surface area contributed by atoms with Crippen LogP contribution in [0.5, 0.6) is 0 Å². The zero-order chi connectivity index (χ0) is 17.3. The second kappa shape index (κ2) is 9.19. The van der Waals surface area contributed by atoms with E-state index in [9.17, 15) is 4.79 Å². The predicted molar refractivity (Wildman–Crippen MR) is 95.1 cm³/mol. The van der Waals surface area contributed by atoms with E-state index in [2.05, 4.69) is 44.8 Å². The van der Waals surface area contributed by atoms with Crippen molar-refractivity contribution in [2.24, 2.45) is 0 Å². The average Bonchev–Trinajstić information content (AvgIpc) is 3.15. The lowest BCUT2D eigenvalue weighted by atomic mass is 10.2. The number of hydrogen-bond donors (Lipinski definition) is 2. The van der Waals surface area contributed by atoms with Gasteiger partial charge in [-0.05, 0) is 5.56 Å².